The lowest BCUT2D eigenvalue weighted by molar-refractivity contribution is 0.0696. The van der Waals surface area contributed by atoms with E-state index < -0.39 is 5.97 Å². The minimum absolute atomic E-state index is 0.147. The van der Waals surface area contributed by atoms with Crippen LogP contribution in [0.25, 0.3) is 16.7 Å². The van der Waals surface area contributed by atoms with Crippen molar-refractivity contribution in [2.75, 3.05) is 0 Å². The number of aromatic nitrogens is 4. The summed E-state index contributed by atoms with van der Waals surface area (Å²) in [7, 11) is 0. The van der Waals surface area contributed by atoms with Crippen molar-refractivity contribution in [2.24, 2.45) is 0 Å². The van der Waals surface area contributed by atoms with Crippen LogP contribution in [0.15, 0.2) is 43.0 Å². The molecule has 0 fully saturated rings. The molecule has 0 saturated heterocycles. The number of carboxylic acids is 1. The third-order valence-electron chi connectivity index (χ3n) is 2.52. The molecular weight excluding hydrogens is 232 g/mol. The molecule has 3 rings (SSSR count). The number of rotatable bonds is 2. The fraction of sp³-hybridized carbons (Fsp3) is 0. The molecule has 0 unspecified atom stereocenters. The summed E-state index contributed by atoms with van der Waals surface area (Å²) in [6, 6.07) is 5.21. The molecule has 0 atom stereocenters. The van der Waals surface area contributed by atoms with Crippen LogP contribution >= 0.6 is 0 Å². The fourth-order valence-electron chi connectivity index (χ4n) is 1.65. The SMILES string of the molecule is O=C(O)c1cnc2nn(-c3cccnc3)cc2c1. The Kier molecular flexibility index (Phi) is 2.26. The molecule has 0 amide bonds. The van der Waals surface area contributed by atoms with Gasteiger partial charge < -0.3 is 5.11 Å². The quantitative estimate of drug-likeness (QED) is 0.734. The van der Waals surface area contributed by atoms with Crippen LogP contribution in [0.4, 0.5) is 0 Å². The van der Waals surface area contributed by atoms with Crippen molar-refractivity contribution < 1.29 is 9.90 Å². The van der Waals surface area contributed by atoms with E-state index in [1.807, 2.05) is 6.07 Å². The molecule has 6 nitrogen and oxygen atoms in total. The van der Waals surface area contributed by atoms with Crippen molar-refractivity contribution in [3.8, 4) is 5.69 Å². The van der Waals surface area contributed by atoms with Crippen LogP contribution < -0.4 is 0 Å². The Bertz CT molecular complexity index is 721. The van der Waals surface area contributed by atoms with Gasteiger partial charge in [-0.05, 0) is 18.2 Å². The Morgan fingerprint density at radius 2 is 2.22 bits per heavy atom. The average Bonchev–Trinajstić information content (AvgIpc) is 2.82. The van der Waals surface area contributed by atoms with Gasteiger partial charge in [0.25, 0.3) is 0 Å². The predicted molar refractivity (Wildman–Crippen MR) is 63.6 cm³/mol. The van der Waals surface area contributed by atoms with Crippen LogP contribution in [0.5, 0.6) is 0 Å². The Balaban J connectivity index is 2.14. The first-order valence-corrected chi connectivity index (χ1v) is 5.23. The Hall–Kier alpha value is -2.76. The van der Waals surface area contributed by atoms with E-state index in [9.17, 15) is 4.79 Å². The highest BCUT2D eigenvalue weighted by atomic mass is 16.4. The average molecular weight is 240 g/mol. The lowest BCUT2D eigenvalue weighted by atomic mass is 10.2. The van der Waals surface area contributed by atoms with Crippen LogP contribution in [0, 0.1) is 0 Å². The minimum atomic E-state index is -1.00. The van der Waals surface area contributed by atoms with E-state index in [0.29, 0.717) is 11.0 Å². The first-order chi connectivity index (χ1) is 8.74. The van der Waals surface area contributed by atoms with Crippen LogP contribution in [0.3, 0.4) is 0 Å². The number of fused-ring (bicyclic) bond motifs is 1. The predicted octanol–water partition coefficient (Wildman–Crippen LogP) is 1.51. The normalized spacial score (nSPS) is 10.7. The molecule has 6 heteroatoms. The summed E-state index contributed by atoms with van der Waals surface area (Å²) in [6.07, 6.45) is 6.37. The van der Waals surface area contributed by atoms with E-state index in [4.69, 9.17) is 5.11 Å². The molecular formula is C12H8N4O2. The third kappa shape index (κ3) is 1.69. The van der Waals surface area contributed by atoms with Crippen molar-refractivity contribution in [3.05, 3.63) is 48.5 Å². The number of nitrogens with zero attached hydrogens (tertiary/aromatic N) is 4. The third-order valence-corrected chi connectivity index (χ3v) is 2.52. The van der Waals surface area contributed by atoms with E-state index >= 15 is 0 Å². The van der Waals surface area contributed by atoms with Crippen molar-refractivity contribution in [1.29, 1.82) is 0 Å². The first-order valence-electron chi connectivity index (χ1n) is 5.23. The van der Waals surface area contributed by atoms with Crippen LogP contribution in [-0.2, 0) is 0 Å². The minimum Gasteiger partial charge on any atom is -0.478 e. The number of carboxylic acid groups (broad SMARTS) is 1. The first kappa shape index (κ1) is 10.4. The molecule has 1 N–H and O–H groups in total. The highest BCUT2D eigenvalue weighted by Gasteiger charge is 2.08. The number of hydrogen-bond acceptors (Lipinski definition) is 4. The molecule has 0 aromatic carbocycles. The van der Waals surface area contributed by atoms with Gasteiger partial charge in [0, 0.05) is 24.0 Å². The van der Waals surface area contributed by atoms with E-state index in [0.717, 1.165) is 5.69 Å². The zero-order valence-electron chi connectivity index (χ0n) is 9.19. The van der Waals surface area contributed by atoms with Gasteiger partial charge in [-0.1, -0.05) is 0 Å². The van der Waals surface area contributed by atoms with Gasteiger partial charge in [0.15, 0.2) is 5.65 Å². The van der Waals surface area contributed by atoms with Gasteiger partial charge in [-0.3, -0.25) is 4.98 Å². The molecule has 0 bridgehead atoms. The zero-order valence-corrected chi connectivity index (χ0v) is 9.19. The second-order valence-corrected chi connectivity index (χ2v) is 3.73. The van der Waals surface area contributed by atoms with E-state index in [1.54, 1.807) is 35.4 Å². The van der Waals surface area contributed by atoms with Crippen molar-refractivity contribution in [3.63, 3.8) is 0 Å². The number of hydrogen-bond donors (Lipinski definition) is 1. The van der Waals surface area contributed by atoms with E-state index in [-0.39, 0.29) is 5.56 Å². The Morgan fingerprint density at radius 3 is 2.94 bits per heavy atom. The molecule has 0 spiro atoms. The molecule has 0 aliphatic rings. The zero-order chi connectivity index (χ0) is 12.5. The van der Waals surface area contributed by atoms with Gasteiger partial charge in [-0.15, -0.1) is 5.10 Å². The monoisotopic (exact) mass is 240 g/mol. The molecule has 0 saturated carbocycles. The van der Waals surface area contributed by atoms with Crippen molar-refractivity contribution >= 4 is 17.0 Å². The topological polar surface area (TPSA) is 80.9 Å². The lowest BCUT2D eigenvalue weighted by Gasteiger charge is -1.97. The van der Waals surface area contributed by atoms with Gasteiger partial charge in [0.1, 0.15) is 0 Å². The Morgan fingerprint density at radius 1 is 1.33 bits per heavy atom. The number of carbonyl (C=O) groups is 1. The van der Waals surface area contributed by atoms with Crippen molar-refractivity contribution in [1.82, 2.24) is 19.7 Å². The summed E-state index contributed by atoms with van der Waals surface area (Å²) in [5, 5.41) is 13.8. The van der Waals surface area contributed by atoms with Gasteiger partial charge >= 0.3 is 5.97 Å². The molecule has 3 heterocycles. The van der Waals surface area contributed by atoms with Gasteiger partial charge in [-0.2, -0.15) is 0 Å². The maximum Gasteiger partial charge on any atom is 0.337 e. The number of aromatic carboxylic acids is 1. The summed E-state index contributed by atoms with van der Waals surface area (Å²) in [5.41, 5.74) is 1.45. The lowest BCUT2D eigenvalue weighted by Crippen LogP contribution is -1.96. The van der Waals surface area contributed by atoms with Crippen LogP contribution in [0.2, 0.25) is 0 Å². The Labute approximate surface area is 102 Å². The summed E-state index contributed by atoms with van der Waals surface area (Å²) in [6.45, 7) is 0. The molecule has 18 heavy (non-hydrogen) atoms. The fourth-order valence-corrected chi connectivity index (χ4v) is 1.65. The molecule has 3 aromatic rings. The summed E-state index contributed by atoms with van der Waals surface area (Å²) in [5.74, 6) is -1.00. The summed E-state index contributed by atoms with van der Waals surface area (Å²) >= 11 is 0. The van der Waals surface area contributed by atoms with E-state index in [1.165, 1.54) is 6.20 Å². The van der Waals surface area contributed by atoms with Gasteiger partial charge in [0.2, 0.25) is 0 Å². The molecule has 88 valence electrons. The highest BCUT2D eigenvalue weighted by Crippen LogP contribution is 2.14. The van der Waals surface area contributed by atoms with Crippen LogP contribution in [0.1, 0.15) is 10.4 Å². The smallest absolute Gasteiger partial charge is 0.337 e. The maximum atomic E-state index is 10.8. The van der Waals surface area contributed by atoms with Gasteiger partial charge in [0.05, 0.1) is 17.4 Å². The number of pyridine rings is 2. The summed E-state index contributed by atoms with van der Waals surface area (Å²) in [4.78, 5) is 18.9. The standard InChI is InChI=1S/C12H8N4O2/c17-12(18)8-4-9-7-16(15-11(9)14-5-8)10-2-1-3-13-6-10/h1-7H,(H,17,18). The molecule has 0 radical (unpaired) electrons. The van der Waals surface area contributed by atoms with Crippen molar-refractivity contribution in [2.45, 2.75) is 0 Å². The molecule has 3 aromatic heterocycles. The van der Waals surface area contributed by atoms with Crippen LogP contribution in [-0.4, -0.2) is 30.8 Å². The van der Waals surface area contributed by atoms with E-state index in [2.05, 4.69) is 15.1 Å². The second-order valence-electron chi connectivity index (χ2n) is 3.73. The largest absolute Gasteiger partial charge is 0.478 e. The molecule has 0 aliphatic carbocycles. The highest BCUT2D eigenvalue weighted by molar-refractivity contribution is 5.91. The second kappa shape index (κ2) is 3.92. The summed E-state index contributed by atoms with van der Waals surface area (Å²) < 4.78 is 1.62. The maximum absolute atomic E-state index is 10.8. The molecule has 0 aliphatic heterocycles. The van der Waals surface area contributed by atoms with Gasteiger partial charge in [-0.25, -0.2) is 14.5 Å².